The van der Waals surface area contributed by atoms with E-state index in [1.165, 1.54) is 0 Å². The molecule has 2 aromatic heterocycles. The maximum absolute atomic E-state index is 13.6. The molecule has 1 aromatic carbocycles. The number of hydrogen-bond donors (Lipinski definition) is 0. The fraction of sp³-hybridized carbons (Fsp3) is 0.235. The molecule has 0 aliphatic heterocycles. The molecular formula is C17H15F3N6O. The number of para-hydroxylation sites is 1. The Balaban J connectivity index is 1.91. The van der Waals surface area contributed by atoms with E-state index in [0.29, 0.717) is 12.3 Å². The third-order valence-electron chi connectivity index (χ3n) is 3.55. The minimum atomic E-state index is -4.61. The summed E-state index contributed by atoms with van der Waals surface area (Å²) in [5.41, 5.74) is -0.664. The SMILES string of the molecule is C=C(OCC)c1nnc(Cc2cnn(-c3ccccc3)c2C(F)(F)F)nn1. The van der Waals surface area contributed by atoms with Gasteiger partial charge in [-0.1, -0.05) is 24.8 Å². The lowest BCUT2D eigenvalue weighted by atomic mass is 10.1. The first-order valence-electron chi connectivity index (χ1n) is 7.98. The Hall–Kier alpha value is -3.30. The summed E-state index contributed by atoms with van der Waals surface area (Å²) in [4.78, 5) is 0. The van der Waals surface area contributed by atoms with Crippen molar-refractivity contribution in [1.29, 1.82) is 0 Å². The van der Waals surface area contributed by atoms with Gasteiger partial charge < -0.3 is 4.74 Å². The molecule has 0 aliphatic rings. The molecule has 7 nitrogen and oxygen atoms in total. The zero-order chi connectivity index (χ0) is 19.4. The van der Waals surface area contributed by atoms with E-state index in [9.17, 15) is 13.2 Å². The number of rotatable bonds is 6. The van der Waals surface area contributed by atoms with Crippen molar-refractivity contribution in [3.63, 3.8) is 0 Å². The monoisotopic (exact) mass is 376 g/mol. The summed E-state index contributed by atoms with van der Waals surface area (Å²) in [7, 11) is 0. The Bertz CT molecular complexity index is 922. The molecule has 0 amide bonds. The summed E-state index contributed by atoms with van der Waals surface area (Å²) in [5.74, 6) is 0.301. The van der Waals surface area contributed by atoms with Gasteiger partial charge in [-0.05, 0) is 19.1 Å². The molecule has 0 aliphatic carbocycles. The van der Waals surface area contributed by atoms with Crippen molar-refractivity contribution in [3.05, 3.63) is 66.0 Å². The number of hydrogen-bond acceptors (Lipinski definition) is 6. The topological polar surface area (TPSA) is 78.6 Å². The third kappa shape index (κ3) is 4.10. The van der Waals surface area contributed by atoms with E-state index in [-0.39, 0.29) is 29.4 Å². The quantitative estimate of drug-likeness (QED) is 0.615. The highest BCUT2D eigenvalue weighted by Crippen LogP contribution is 2.34. The van der Waals surface area contributed by atoms with Crippen molar-refractivity contribution in [2.45, 2.75) is 19.5 Å². The van der Waals surface area contributed by atoms with Crippen molar-refractivity contribution >= 4 is 5.76 Å². The van der Waals surface area contributed by atoms with Crippen LogP contribution >= 0.6 is 0 Å². The van der Waals surface area contributed by atoms with E-state index in [1.807, 2.05) is 0 Å². The van der Waals surface area contributed by atoms with Crippen LogP contribution in [0.15, 0.2) is 43.1 Å². The standard InChI is InChI=1S/C17H15F3N6O/c1-3-27-11(2)16-24-22-14(23-25-16)9-12-10-21-26(15(12)17(18,19)20)13-7-5-4-6-8-13/h4-8,10H,2-3,9H2,1H3. The number of aromatic nitrogens is 6. The molecule has 0 radical (unpaired) electrons. The van der Waals surface area contributed by atoms with Gasteiger partial charge in [-0.15, -0.1) is 20.4 Å². The van der Waals surface area contributed by atoms with Gasteiger partial charge in [-0.3, -0.25) is 0 Å². The molecule has 0 saturated heterocycles. The first kappa shape index (κ1) is 18.5. The molecule has 27 heavy (non-hydrogen) atoms. The number of ether oxygens (including phenoxy) is 1. The molecule has 0 saturated carbocycles. The summed E-state index contributed by atoms with van der Waals surface area (Å²) in [6.45, 7) is 5.76. The highest BCUT2D eigenvalue weighted by molar-refractivity contribution is 5.48. The van der Waals surface area contributed by atoms with E-state index in [0.717, 1.165) is 10.9 Å². The third-order valence-corrected chi connectivity index (χ3v) is 3.55. The van der Waals surface area contributed by atoms with Crippen molar-refractivity contribution in [3.8, 4) is 5.69 Å². The molecule has 0 spiro atoms. The van der Waals surface area contributed by atoms with E-state index >= 15 is 0 Å². The van der Waals surface area contributed by atoms with Gasteiger partial charge in [-0.25, -0.2) is 4.68 Å². The van der Waals surface area contributed by atoms with Crippen LogP contribution < -0.4 is 0 Å². The second kappa shape index (κ2) is 7.52. The van der Waals surface area contributed by atoms with Crippen molar-refractivity contribution in [2.24, 2.45) is 0 Å². The minimum Gasteiger partial charge on any atom is -0.490 e. The molecule has 0 N–H and O–H groups in total. The van der Waals surface area contributed by atoms with Crippen LogP contribution in [0.3, 0.4) is 0 Å². The molecule has 3 aromatic rings. The maximum Gasteiger partial charge on any atom is 0.433 e. The summed E-state index contributed by atoms with van der Waals surface area (Å²) in [5, 5.41) is 19.1. The Morgan fingerprint density at radius 3 is 2.37 bits per heavy atom. The van der Waals surface area contributed by atoms with Crippen LogP contribution in [0.2, 0.25) is 0 Å². The highest BCUT2D eigenvalue weighted by Gasteiger charge is 2.38. The lowest BCUT2D eigenvalue weighted by Crippen LogP contribution is -2.16. The van der Waals surface area contributed by atoms with Crippen LogP contribution in [0.4, 0.5) is 13.2 Å². The van der Waals surface area contributed by atoms with Crippen LogP contribution in [-0.2, 0) is 17.3 Å². The largest absolute Gasteiger partial charge is 0.490 e. The Kier molecular flexibility index (Phi) is 5.15. The van der Waals surface area contributed by atoms with Gasteiger partial charge in [0.15, 0.2) is 17.3 Å². The van der Waals surface area contributed by atoms with Crippen molar-refractivity contribution in [1.82, 2.24) is 30.2 Å². The Morgan fingerprint density at radius 1 is 1.11 bits per heavy atom. The van der Waals surface area contributed by atoms with Gasteiger partial charge >= 0.3 is 6.18 Å². The number of alkyl halides is 3. The average Bonchev–Trinajstić information content (AvgIpc) is 3.07. The minimum absolute atomic E-state index is 0.0289. The highest BCUT2D eigenvalue weighted by atomic mass is 19.4. The predicted molar refractivity (Wildman–Crippen MR) is 89.7 cm³/mol. The van der Waals surface area contributed by atoms with E-state index < -0.39 is 11.9 Å². The number of benzene rings is 1. The normalized spacial score (nSPS) is 11.4. The average molecular weight is 376 g/mol. The van der Waals surface area contributed by atoms with Crippen molar-refractivity contribution < 1.29 is 17.9 Å². The van der Waals surface area contributed by atoms with Crippen LogP contribution in [0.5, 0.6) is 0 Å². The van der Waals surface area contributed by atoms with Gasteiger partial charge in [0.2, 0.25) is 5.82 Å². The van der Waals surface area contributed by atoms with Crippen LogP contribution in [0, 0.1) is 0 Å². The second-order valence-corrected chi connectivity index (χ2v) is 5.44. The molecule has 0 unspecified atom stereocenters. The van der Waals surface area contributed by atoms with E-state index in [4.69, 9.17) is 4.74 Å². The molecular weight excluding hydrogens is 361 g/mol. The summed E-state index contributed by atoms with van der Waals surface area (Å²) in [6, 6.07) is 8.07. The Labute approximate surface area is 152 Å². The van der Waals surface area contributed by atoms with E-state index in [1.54, 1.807) is 37.3 Å². The van der Waals surface area contributed by atoms with Gasteiger partial charge in [-0.2, -0.15) is 18.3 Å². The zero-order valence-electron chi connectivity index (χ0n) is 14.3. The van der Waals surface area contributed by atoms with Gasteiger partial charge in [0.25, 0.3) is 0 Å². The fourth-order valence-electron chi connectivity index (χ4n) is 2.42. The fourth-order valence-corrected chi connectivity index (χ4v) is 2.42. The molecule has 0 atom stereocenters. The maximum atomic E-state index is 13.6. The second-order valence-electron chi connectivity index (χ2n) is 5.44. The van der Waals surface area contributed by atoms with Crippen LogP contribution in [-0.4, -0.2) is 36.8 Å². The zero-order valence-corrected chi connectivity index (χ0v) is 14.3. The molecule has 0 bridgehead atoms. The summed E-state index contributed by atoms with van der Waals surface area (Å²) < 4.78 is 46.9. The summed E-state index contributed by atoms with van der Waals surface area (Å²) >= 11 is 0. The van der Waals surface area contributed by atoms with Crippen molar-refractivity contribution in [2.75, 3.05) is 6.61 Å². The molecule has 2 heterocycles. The van der Waals surface area contributed by atoms with Gasteiger partial charge in [0, 0.05) is 12.0 Å². The first-order valence-corrected chi connectivity index (χ1v) is 7.98. The lowest BCUT2D eigenvalue weighted by molar-refractivity contribution is -0.143. The van der Waals surface area contributed by atoms with Crippen LogP contribution in [0.1, 0.15) is 29.8 Å². The molecule has 140 valence electrons. The summed E-state index contributed by atoms with van der Waals surface area (Å²) in [6.07, 6.45) is -3.68. The lowest BCUT2D eigenvalue weighted by Gasteiger charge is -2.12. The van der Waals surface area contributed by atoms with Gasteiger partial charge in [0.1, 0.15) is 0 Å². The first-order chi connectivity index (χ1) is 12.9. The molecule has 3 rings (SSSR count). The molecule has 10 heteroatoms. The smallest absolute Gasteiger partial charge is 0.433 e. The number of halogens is 3. The number of nitrogens with zero attached hydrogens (tertiary/aromatic N) is 6. The van der Waals surface area contributed by atoms with Crippen LogP contribution in [0.25, 0.3) is 11.4 Å². The van der Waals surface area contributed by atoms with E-state index in [2.05, 4.69) is 32.1 Å². The predicted octanol–water partition coefficient (Wildman–Crippen LogP) is 3.07. The van der Waals surface area contributed by atoms with Gasteiger partial charge in [0.05, 0.1) is 18.5 Å². The molecule has 0 fully saturated rings. The Morgan fingerprint density at radius 2 is 1.78 bits per heavy atom.